The van der Waals surface area contributed by atoms with Crippen molar-refractivity contribution in [3.63, 3.8) is 0 Å². The fraction of sp³-hybridized carbons (Fsp3) is 0. The summed E-state index contributed by atoms with van der Waals surface area (Å²) in [6, 6.07) is 7.57. The molecule has 0 spiro atoms. The number of hydrogen-bond acceptors (Lipinski definition) is 6. The molecular weight excluding hydrogens is 296 g/mol. The van der Waals surface area contributed by atoms with E-state index < -0.39 is 11.8 Å². The highest BCUT2D eigenvalue weighted by atomic mass is 32.1. The van der Waals surface area contributed by atoms with Crippen LogP contribution in [0, 0.1) is 0 Å². The molecule has 2 aromatic heterocycles. The van der Waals surface area contributed by atoms with E-state index >= 15 is 0 Å². The fourth-order valence-corrected chi connectivity index (χ4v) is 2.63. The lowest BCUT2D eigenvalue weighted by Gasteiger charge is -1.80. The smallest absolute Gasteiger partial charge is 0.277 e. The van der Waals surface area contributed by atoms with Gasteiger partial charge in [0.05, 0.1) is 10.2 Å². The van der Waals surface area contributed by atoms with Gasteiger partial charge < -0.3 is 11.5 Å². The Bertz CT molecular complexity index is 704. The van der Waals surface area contributed by atoms with Gasteiger partial charge in [-0.2, -0.15) is 0 Å². The first-order valence-electron chi connectivity index (χ1n) is 5.42. The second-order valence-corrected chi connectivity index (χ2v) is 5.48. The molecule has 1 aromatic carbocycles. The molecule has 0 saturated carbocycles. The summed E-state index contributed by atoms with van der Waals surface area (Å²) in [7, 11) is 0. The molecule has 102 valence electrons. The molecule has 0 saturated heterocycles. The molecule has 2 amide bonds. The predicted molar refractivity (Wildman–Crippen MR) is 78.8 cm³/mol. The maximum atomic E-state index is 10.7. The molecule has 0 unspecified atom stereocenters. The Labute approximate surface area is 122 Å². The van der Waals surface area contributed by atoms with Crippen molar-refractivity contribution >= 4 is 44.7 Å². The average molecular weight is 306 g/mol. The van der Waals surface area contributed by atoms with Gasteiger partial charge in [0.2, 0.25) is 0 Å². The second-order valence-electron chi connectivity index (χ2n) is 3.55. The van der Waals surface area contributed by atoms with Gasteiger partial charge in [0.15, 0.2) is 10.0 Å². The summed E-state index contributed by atoms with van der Waals surface area (Å²) in [5.41, 5.74) is 10.8. The molecule has 8 heteroatoms. The van der Waals surface area contributed by atoms with Crippen LogP contribution in [-0.4, -0.2) is 21.8 Å². The van der Waals surface area contributed by atoms with Crippen LogP contribution < -0.4 is 11.5 Å². The number of carbonyl (C=O) groups is 2. The van der Waals surface area contributed by atoms with Crippen LogP contribution >= 0.6 is 22.7 Å². The van der Waals surface area contributed by atoms with Crippen LogP contribution in [0.4, 0.5) is 0 Å². The predicted octanol–water partition coefficient (Wildman–Crippen LogP) is 1.64. The molecule has 2 heterocycles. The molecule has 0 aliphatic carbocycles. The summed E-state index contributed by atoms with van der Waals surface area (Å²) in [4.78, 5) is 28.7. The number of carbonyl (C=O) groups excluding carboxylic acids is 2. The number of amides is 2. The van der Waals surface area contributed by atoms with Gasteiger partial charge in [0.1, 0.15) is 0 Å². The minimum Gasteiger partial charge on any atom is -0.364 e. The SMILES string of the molecule is NC(=O)c1nc2ccccc2s1.NC(=O)c1nccs1. The van der Waals surface area contributed by atoms with Gasteiger partial charge in [-0.3, -0.25) is 9.59 Å². The van der Waals surface area contributed by atoms with Gasteiger partial charge in [-0.25, -0.2) is 9.97 Å². The standard InChI is InChI=1S/C8H6N2OS.C4H4N2OS/c9-7(11)8-10-5-3-1-2-4-6(5)12-8;5-3(7)4-6-1-2-8-4/h1-4H,(H2,9,11);1-2H,(H2,5,7). The first-order valence-corrected chi connectivity index (χ1v) is 7.12. The highest BCUT2D eigenvalue weighted by Gasteiger charge is 2.06. The van der Waals surface area contributed by atoms with Crippen molar-refractivity contribution in [1.29, 1.82) is 0 Å². The molecule has 0 aliphatic rings. The quantitative estimate of drug-likeness (QED) is 0.749. The number of primary amides is 2. The molecule has 0 bridgehead atoms. The minimum atomic E-state index is -0.462. The van der Waals surface area contributed by atoms with Crippen LogP contribution in [0.5, 0.6) is 0 Å². The largest absolute Gasteiger partial charge is 0.364 e. The van der Waals surface area contributed by atoms with Crippen LogP contribution in [-0.2, 0) is 0 Å². The zero-order valence-corrected chi connectivity index (χ0v) is 11.8. The first kappa shape index (κ1) is 14.1. The number of para-hydroxylation sites is 1. The van der Waals surface area contributed by atoms with Crippen LogP contribution in [0.25, 0.3) is 10.2 Å². The van der Waals surface area contributed by atoms with Gasteiger partial charge in [0, 0.05) is 11.6 Å². The van der Waals surface area contributed by atoms with Gasteiger partial charge in [-0.05, 0) is 12.1 Å². The number of nitrogens with two attached hydrogens (primary N) is 2. The zero-order chi connectivity index (χ0) is 14.5. The van der Waals surface area contributed by atoms with E-state index in [0.29, 0.717) is 10.0 Å². The van der Waals surface area contributed by atoms with Crippen molar-refractivity contribution in [1.82, 2.24) is 9.97 Å². The van der Waals surface area contributed by atoms with E-state index in [-0.39, 0.29) is 0 Å². The topological polar surface area (TPSA) is 112 Å². The van der Waals surface area contributed by atoms with E-state index in [4.69, 9.17) is 11.5 Å². The molecule has 0 atom stereocenters. The monoisotopic (exact) mass is 306 g/mol. The van der Waals surface area contributed by atoms with E-state index in [0.717, 1.165) is 10.2 Å². The third kappa shape index (κ3) is 3.37. The van der Waals surface area contributed by atoms with Crippen molar-refractivity contribution in [2.24, 2.45) is 11.5 Å². The van der Waals surface area contributed by atoms with Crippen molar-refractivity contribution < 1.29 is 9.59 Å². The van der Waals surface area contributed by atoms with Gasteiger partial charge in [-0.1, -0.05) is 12.1 Å². The van der Waals surface area contributed by atoms with Crippen LogP contribution in [0.3, 0.4) is 0 Å². The Morgan fingerprint density at radius 3 is 2.25 bits per heavy atom. The van der Waals surface area contributed by atoms with Crippen molar-refractivity contribution in [3.05, 3.63) is 45.9 Å². The highest BCUT2D eigenvalue weighted by Crippen LogP contribution is 2.20. The van der Waals surface area contributed by atoms with E-state index in [1.165, 1.54) is 22.7 Å². The lowest BCUT2D eigenvalue weighted by Crippen LogP contribution is -2.09. The summed E-state index contributed by atoms with van der Waals surface area (Å²) < 4.78 is 0.992. The van der Waals surface area contributed by atoms with E-state index in [2.05, 4.69) is 9.97 Å². The van der Waals surface area contributed by atoms with Gasteiger partial charge in [0.25, 0.3) is 11.8 Å². The third-order valence-electron chi connectivity index (χ3n) is 2.15. The van der Waals surface area contributed by atoms with Crippen LogP contribution in [0.2, 0.25) is 0 Å². The van der Waals surface area contributed by atoms with Crippen molar-refractivity contribution in [2.45, 2.75) is 0 Å². The number of rotatable bonds is 2. The molecule has 3 aromatic rings. The summed E-state index contributed by atoms with van der Waals surface area (Å²) in [6.45, 7) is 0. The van der Waals surface area contributed by atoms with E-state index in [9.17, 15) is 9.59 Å². The van der Waals surface area contributed by atoms with Gasteiger partial charge >= 0.3 is 0 Å². The fourth-order valence-electron chi connectivity index (χ4n) is 1.32. The molecule has 0 fully saturated rings. The Morgan fingerprint density at radius 1 is 1.05 bits per heavy atom. The number of fused-ring (bicyclic) bond motifs is 1. The summed E-state index contributed by atoms with van der Waals surface area (Å²) in [6.07, 6.45) is 1.55. The van der Waals surface area contributed by atoms with E-state index in [1.54, 1.807) is 11.6 Å². The summed E-state index contributed by atoms with van der Waals surface area (Å²) >= 11 is 2.57. The molecule has 4 N–H and O–H groups in total. The molecule has 0 aliphatic heterocycles. The third-order valence-corrected chi connectivity index (χ3v) is 3.99. The minimum absolute atomic E-state index is 0.366. The molecule has 3 rings (SSSR count). The maximum Gasteiger partial charge on any atom is 0.277 e. The summed E-state index contributed by atoms with van der Waals surface area (Å²) in [5.74, 6) is -0.920. The molecular formula is C12H10N4O2S2. The number of thiazole rings is 2. The van der Waals surface area contributed by atoms with Crippen LogP contribution in [0.15, 0.2) is 35.8 Å². The Balaban J connectivity index is 0.000000160. The van der Waals surface area contributed by atoms with Crippen LogP contribution in [0.1, 0.15) is 19.6 Å². The first-order chi connectivity index (χ1) is 9.58. The Kier molecular flexibility index (Phi) is 4.38. The molecule has 6 nitrogen and oxygen atoms in total. The average Bonchev–Trinajstić information content (AvgIpc) is 3.08. The highest BCUT2D eigenvalue weighted by molar-refractivity contribution is 7.20. The number of hydrogen-bond donors (Lipinski definition) is 2. The zero-order valence-electron chi connectivity index (χ0n) is 10.1. The lowest BCUT2D eigenvalue weighted by molar-refractivity contribution is 0.0991. The van der Waals surface area contributed by atoms with Gasteiger partial charge in [-0.15, -0.1) is 22.7 Å². The number of nitrogens with zero attached hydrogens (tertiary/aromatic N) is 2. The normalized spacial score (nSPS) is 9.80. The number of benzene rings is 1. The van der Waals surface area contributed by atoms with E-state index in [1.807, 2.05) is 24.3 Å². The molecule has 0 radical (unpaired) electrons. The number of aromatic nitrogens is 2. The Hall–Kier alpha value is -2.32. The van der Waals surface area contributed by atoms with Crippen molar-refractivity contribution in [2.75, 3.05) is 0 Å². The molecule has 20 heavy (non-hydrogen) atoms. The Morgan fingerprint density at radius 2 is 1.75 bits per heavy atom. The van der Waals surface area contributed by atoms with Crippen molar-refractivity contribution in [3.8, 4) is 0 Å². The maximum absolute atomic E-state index is 10.7. The second kappa shape index (κ2) is 6.22. The lowest BCUT2D eigenvalue weighted by atomic mass is 10.3. The summed E-state index contributed by atoms with van der Waals surface area (Å²) in [5, 5.41) is 2.45.